The number of hydrogen-bond acceptors (Lipinski definition) is 4. The Morgan fingerprint density at radius 3 is 1.56 bits per heavy atom. The maximum Gasteiger partial charge on any atom is 1.20 e. The van der Waals surface area contributed by atoms with Crippen LogP contribution in [0.15, 0.2) is 91.0 Å². The predicted molar refractivity (Wildman–Crippen MR) is 154 cm³/mol. The number of pyridine rings is 3. The van der Waals surface area contributed by atoms with Gasteiger partial charge in [-0.2, -0.15) is 9.13 Å². The fourth-order valence-corrected chi connectivity index (χ4v) is 6.29. The SMILES string of the molecule is Cc1ccc2cccc([O][Al]([O]c3cccc4ccc(C)[n+](C)c34)[O]c3cccc4ccc(C)[n+](C)c34)c2n1. The molecule has 0 saturated heterocycles. The largest absolute Gasteiger partial charge is 1.20 e. The van der Waals surface area contributed by atoms with E-state index in [-0.39, 0.29) is 0 Å². The van der Waals surface area contributed by atoms with Gasteiger partial charge in [0.05, 0.1) is 10.8 Å². The van der Waals surface area contributed by atoms with Gasteiger partial charge in [0.2, 0.25) is 0 Å². The molecule has 0 N–H and O–H groups in total. The van der Waals surface area contributed by atoms with E-state index >= 15 is 0 Å². The molecule has 0 bridgehead atoms. The third-order valence-electron chi connectivity index (χ3n) is 7.29. The molecule has 3 heterocycles. The Balaban J connectivity index is 1.48. The monoisotopic (exact) mass is 531 g/mol. The summed E-state index contributed by atoms with van der Waals surface area (Å²) in [6.07, 6.45) is 0. The van der Waals surface area contributed by atoms with Crippen molar-refractivity contribution in [1.82, 2.24) is 4.98 Å². The quantitative estimate of drug-likeness (QED) is 0.206. The topological polar surface area (TPSA) is 48.3 Å². The predicted octanol–water partition coefficient (Wildman–Crippen LogP) is 5.64. The van der Waals surface area contributed by atoms with Crippen LogP contribution in [0.1, 0.15) is 17.1 Å². The molecule has 0 fully saturated rings. The van der Waals surface area contributed by atoms with Gasteiger partial charge < -0.3 is 11.4 Å². The first-order chi connectivity index (χ1) is 18.9. The van der Waals surface area contributed by atoms with Crippen molar-refractivity contribution in [2.45, 2.75) is 20.8 Å². The molecule has 6 aromatic rings. The summed E-state index contributed by atoms with van der Waals surface area (Å²) in [4.78, 5) is 4.77. The van der Waals surface area contributed by atoms with Crippen molar-refractivity contribution in [3.05, 3.63) is 108 Å². The summed E-state index contributed by atoms with van der Waals surface area (Å²) in [5.74, 6) is 2.09. The Kier molecular flexibility index (Phi) is 6.56. The van der Waals surface area contributed by atoms with Crippen molar-refractivity contribution in [3.8, 4) is 17.2 Å². The molecule has 0 atom stereocenters. The van der Waals surface area contributed by atoms with Gasteiger partial charge in [0.15, 0.2) is 22.9 Å². The number of para-hydroxylation sites is 3. The van der Waals surface area contributed by atoms with Crippen LogP contribution in [0.4, 0.5) is 0 Å². The number of rotatable bonds is 6. The van der Waals surface area contributed by atoms with Crippen molar-refractivity contribution in [2.24, 2.45) is 14.1 Å². The molecule has 6 nitrogen and oxygen atoms in total. The van der Waals surface area contributed by atoms with Crippen LogP contribution in [0, 0.1) is 20.8 Å². The fraction of sp³-hybridized carbons (Fsp3) is 0.156. The molecule has 192 valence electrons. The van der Waals surface area contributed by atoms with Crippen molar-refractivity contribution in [2.75, 3.05) is 0 Å². The van der Waals surface area contributed by atoms with Crippen LogP contribution < -0.4 is 20.5 Å². The molecule has 0 aliphatic carbocycles. The van der Waals surface area contributed by atoms with Gasteiger partial charge in [-0.05, 0) is 55.5 Å². The fourth-order valence-electron chi connectivity index (χ4n) is 4.95. The molecule has 39 heavy (non-hydrogen) atoms. The first-order valence-corrected chi connectivity index (χ1v) is 14.4. The number of aryl methyl sites for hydroxylation is 5. The second-order valence-electron chi connectivity index (χ2n) is 9.88. The lowest BCUT2D eigenvalue weighted by Gasteiger charge is -2.18. The summed E-state index contributed by atoms with van der Waals surface area (Å²) >= 11 is -2.89. The summed E-state index contributed by atoms with van der Waals surface area (Å²) in [6.45, 7) is 6.15. The number of hydrogen-bond donors (Lipinski definition) is 0. The van der Waals surface area contributed by atoms with Crippen LogP contribution in [0.5, 0.6) is 17.2 Å². The molecule has 6 rings (SSSR count). The molecule has 3 aromatic heterocycles. The number of fused-ring (bicyclic) bond motifs is 3. The van der Waals surface area contributed by atoms with Crippen LogP contribution in [-0.2, 0) is 14.1 Å². The van der Waals surface area contributed by atoms with E-state index in [1.807, 2.05) is 69.6 Å². The Bertz CT molecular complexity index is 1780. The average molecular weight is 532 g/mol. The molecule has 0 spiro atoms. The highest BCUT2D eigenvalue weighted by Crippen LogP contribution is 2.29. The highest BCUT2D eigenvalue weighted by molar-refractivity contribution is 6.40. The second-order valence-corrected chi connectivity index (χ2v) is 11.2. The summed E-state index contributed by atoms with van der Waals surface area (Å²) < 4.78 is 24.3. The van der Waals surface area contributed by atoms with Gasteiger partial charge in [-0.3, -0.25) is 0 Å². The maximum absolute atomic E-state index is 6.71. The number of benzene rings is 3. The third-order valence-corrected chi connectivity index (χ3v) is 8.63. The van der Waals surface area contributed by atoms with Crippen molar-refractivity contribution >= 4 is 47.9 Å². The summed E-state index contributed by atoms with van der Waals surface area (Å²) in [5, 5.41) is 3.18. The third kappa shape index (κ3) is 4.76. The lowest BCUT2D eigenvalue weighted by Crippen LogP contribution is -2.40. The molecule has 0 saturated carbocycles. The summed E-state index contributed by atoms with van der Waals surface area (Å²) in [7, 11) is 4.10. The van der Waals surface area contributed by atoms with Crippen molar-refractivity contribution < 1.29 is 20.5 Å². The molecular weight excluding hydrogens is 501 g/mol. The molecule has 0 unspecified atom stereocenters. The van der Waals surface area contributed by atoms with Gasteiger partial charge in [-0.1, -0.05) is 30.3 Å². The average Bonchev–Trinajstić information content (AvgIpc) is 2.93. The number of nitrogens with zero attached hydrogens (tertiary/aromatic N) is 3. The Hall–Kier alpha value is -4.18. The normalized spacial score (nSPS) is 11.2. The van der Waals surface area contributed by atoms with E-state index in [9.17, 15) is 0 Å². The van der Waals surface area contributed by atoms with Crippen LogP contribution in [0.2, 0.25) is 0 Å². The smallest absolute Gasteiger partial charge is 0.576 e. The van der Waals surface area contributed by atoms with E-state index in [0.29, 0.717) is 5.75 Å². The minimum Gasteiger partial charge on any atom is -0.576 e. The molecular formula is C32H30AlN3O3+2. The van der Waals surface area contributed by atoms with Gasteiger partial charge in [-0.25, -0.2) is 4.98 Å². The minimum atomic E-state index is -2.89. The second kappa shape index (κ2) is 10.2. The van der Waals surface area contributed by atoms with Crippen LogP contribution in [-0.4, -0.2) is 20.1 Å². The summed E-state index contributed by atoms with van der Waals surface area (Å²) in [6, 6.07) is 30.6. The van der Waals surface area contributed by atoms with Gasteiger partial charge in [0, 0.05) is 37.1 Å². The van der Waals surface area contributed by atoms with Gasteiger partial charge in [0.1, 0.15) is 25.4 Å². The van der Waals surface area contributed by atoms with Crippen LogP contribution in [0.25, 0.3) is 32.7 Å². The lowest BCUT2D eigenvalue weighted by atomic mass is 10.2. The van der Waals surface area contributed by atoms with E-state index in [4.69, 9.17) is 16.3 Å². The lowest BCUT2D eigenvalue weighted by molar-refractivity contribution is -0.651. The van der Waals surface area contributed by atoms with Crippen molar-refractivity contribution in [3.63, 3.8) is 0 Å². The zero-order valence-corrected chi connectivity index (χ0v) is 24.0. The molecule has 0 radical (unpaired) electrons. The first kappa shape index (κ1) is 25.1. The van der Waals surface area contributed by atoms with E-state index in [0.717, 1.165) is 61.3 Å². The van der Waals surface area contributed by atoms with Crippen molar-refractivity contribution in [1.29, 1.82) is 0 Å². The zero-order chi connectivity index (χ0) is 27.1. The highest BCUT2D eigenvalue weighted by atomic mass is 27.3. The van der Waals surface area contributed by atoms with Crippen LogP contribution in [0.3, 0.4) is 0 Å². The van der Waals surface area contributed by atoms with E-state index < -0.39 is 15.1 Å². The van der Waals surface area contributed by atoms with Gasteiger partial charge in [0.25, 0.3) is 11.0 Å². The van der Waals surface area contributed by atoms with E-state index in [1.54, 1.807) is 0 Å². The van der Waals surface area contributed by atoms with Crippen LogP contribution >= 0.6 is 0 Å². The molecule has 0 aliphatic heterocycles. The zero-order valence-electron chi connectivity index (χ0n) is 22.8. The van der Waals surface area contributed by atoms with Gasteiger partial charge >= 0.3 is 15.1 Å². The summed E-state index contributed by atoms with van der Waals surface area (Å²) in [5.41, 5.74) is 5.96. The Morgan fingerprint density at radius 2 is 1.00 bits per heavy atom. The van der Waals surface area contributed by atoms with E-state index in [2.05, 4.69) is 65.4 Å². The highest BCUT2D eigenvalue weighted by Gasteiger charge is 2.47. The first-order valence-electron chi connectivity index (χ1n) is 13.0. The van der Waals surface area contributed by atoms with Gasteiger partial charge in [-0.15, -0.1) is 0 Å². The molecule has 7 heteroatoms. The Morgan fingerprint density at radius 1 is 0.538 bits per heavy atom. The maximum atomic E-state index is 6.71. The molecule has 0 aliphatic rings. The Labute approximate surface area is 233 Å². The molecule has 3 aromatic carbocycles. The van der Waals surface area contributed by atoms with E-state index in [1.165, 1.54) is 0 Å². The minimum absolute atomic E-state index is 0.648. The standard InChI is InChI=1S/2C11H11NO.C10H9NO.Al/c2*1-8-6-7-9-4-3-5-10(13)11(9)12(8)2;1-7-5-6-8-3-2-4-9(12)10(8)11-7;/h2*3-7H,1-2H3;2-6,12H,1H3;/q;;;+3/p-1. The number of aromatic nitrogens is 3. The molecule has 0 amide bonds.